The van der Waals surface area contributed by atoms with E-state index in [9.17, 15) is 4.79 Å². The highest BCUT2D eigenvalue weighted by Crippen LogP contribution is 2.24. The Balaban J connectivity index is 1.43. The fourth-order valence-electron chi connectivity index (χ4n) is 3.87. The number of aromatic nitrogens is 2. The van der Waals surface area contributed by atoms with Gasteiger partial charge in [-0.2, -0.15) is 5.10 Å². The molecule has 36 heavy (non-hydrogen) atoms. The van der Waals surface area contributed by atoms with Crippen LogP contribution in [-0.4, -0.2) is 22.8 Å². The van der Waals surface area contributed by atoms with Gasteiger partial charge in [-0.25, -0.2) is 0 Å². The highest BCUT2D eigenvalue weighted by Gasteiger charge is 2.14. The summed E-state index contributed by atoms with van der Waals surface area (Å²) in [6.45, 7) is 4.74. The molecule has 4 rings (SSSR count). The van der Waals surface area contributed by atoms with Crippen molar-refractivity contribution < 1.29 is 14.3 Å². The van der Waals surface area contributed by atoms with Gasteiger partial charge in [0.15, 0.2) is 0 Å². The molecule has 1 heterocycles. The SMILES string of the molecule is COc1ccc(/C=C/C(=O)Nc2c(C)nn(Cc3cccc(Cl)c3)c2C)cc1COc1ccccc1. The van der Waals surface area contributed by atoms with Crippen LogP contribution in [0.5, 0.6) is 11.5 Å². The lowest BCUT2D eigenvalue weighted by molar-refractivity contribution is -0.111. The summed E-state index contributed by atoms with van der Waals surface area (Å²) in [6.07, 6.45) is 3.28. The molecule has 1 N–H and O–H groups in total. The minimum atomic E-state index is -0.235. The van der Waals surface area contributed by atoms with E-state index in [1.54, 1.807) is 13.2 Å². The molecular weight excluding hydrogens is 474 g/mol. The van der Waals surface area contributed by atoms with Gasteiger partial charge in [-0.15, -0.1) is 0 Å². The van der Waals surface area contributed by atoms with Crippen molar-refractivity contribution in [2.45, 2.75) is 27.0 Å². The van der Waals surface area contributed by atoms with Crippen LogP contribution < -0.4 is 14.8 Å². The Labute approximate surface area is 216 Å². The number of ether oxygens (including phenoxy) is 2. The third-order valence-corrected chi connectivity index (χ3v) is 5.96. The van der Waals surface area contributed by atoms with E-state index in [0.717, 1.165) is 39.6 Å². The lowest BCUT2D eigenvalue weighted by Gasteiger charge is -2.11. The number of carbonyl (C=O) groups is 1. The zero-order chi connectivity index (χ0) is 25.5. The fraction of sp³-hybridized carbons (Fsp3) is 0.172. The summed E-state index contributed by atoms with van der Waals surface area (Å²) in [7, 11) is 1.63. The molecule has 0 aliphatic heterocycles. The Morgan fingerprint density at radius 2 is 1.86 bits per heavy atom. The van der Waals surface area contributed by atoms with E-state index in [1.165, 1.54) is 6.08 Å². The number of carbonyl (C=O) groups excluding carboxylic acids is 1. The van der Waals surface area contributed by atoms with Gasteiger partial charge in [0.25, 0.3) is 0 Å². The minimum absolute atomic E-state index is 0.235. The number of rotatable bonds is 9. The van der Waals surface area contributed by atoms with Crippen molar-refractivity contribution in [3.63, 3.8) is 0 Å². The Kier molecular flexibility index (Phi) is 8.08. The average molecular weight is 502 g/mol. The van der Waals surface area contributed by atoms with Gasteiger partial charge >= 0.3 is 0 Å². The molecule has 184 valence electrons. The number of hydrogen-bond acceptors (Lipinski definition) is 4. The normalized spacial score (nSPS) is 11.0. The lowest BCUT2D eigenvalue weighted by atomic mass is 10.1. The summed E-state index contributed by atoms with van der Waals surface area (Å²) < 4.78 is 13.2. The highest BCUT2D eigenvalue weighted by atomic mass is 35.5. The molecule has 3 aromatic carbocycles. The molecule has 0 radical (unpaired) electrons. The molecule has 0 aliphatic rings. The molecule has 0 spiro atoms. The van der Waals surface area contributed by atoms with Gasteiger partial charge in [-0.1, -0.05) is 48.0 Å². The number of halogens is 1. The van der Waals surface area contributed by atoms with E-state index < -0.39 is 0 Å². The van der Waals surface area contributed by atoms with Crippen LogP contribution in [0.2, 0.25) is 5.02 Å². The van der Waals surface area contributed by atoms with Crippen LogP contribution in [0.4, 0.5) is 5.69 Å². The number of methoxy groups -OCH3 is 1. The molecule has 1 amide bonds. The molecule has 6 nitrogen and oxygen atoms in total. The maximum Gasteiger partial charge on any atom is 0.248 e. The van der Waals surface area contributed by atoms with Crippen molar-refractivity contribution in [3.05, 3.63) is 112 Å². The van der Waals surface area contributed by atoms with Crippen LogP contribution in [0.1, 0.15) is 28.1 Å². The van der Waals surface area contributed by atoms with E-state index in [4.69, 9.17) is 21.1 Å². The number of para-hydroxylation sites is 1. The van der Waals surface area contributed by atoms with Crippen LogP contribution in [0.25, 0.3) is 6.08 Å². The fourth-order valence-corrected chi connectivity index (χ4v) is 4.08. The van der Waals surface area contributed by atoms with Crippen molar-refractivity contribution in [1.29, 1.82) is 0 Å². The van der Waals surface area contributed by atoms with Gasteiger partial charge in [-0.05, 0) is 67.4 Å². The highest BCUT2D eigenvalue weighted by molar-refractivity contribution is 6.30. The molecule has 0 aliphatic carbocycles. The second-order valence-corrected chi connectivity index (χ2v) is 8.77. The molecule has 0 atom stereocenters. The van der Waals surface area contributed by atoms with Crippen LogP contribution in [0.3, 0.4) is 0 Å². The standard InChI is InChI=1S/C29H28ClN3O3/c1-20-29(21(2)33(32-20)18-23-8-7-9-25(30)17-23)31-28(34)15-13-22-12-14-27(35-3)24(16-22)19-36-26-10-5-4-6-11-26/h4-17H,18-19H2,1-3H3,(H,31,34)/b15-13+. The van der Waals surface area contributed by atoms with E-state index in [-0.39, 0.29) is 5.91 Å². The first-order valence-corrected chi connectivity index (χ1v) is 11.9. The zero-order valence-corrected chi connectivity index (χ0v) is 21.3. The summed E-state index contributed by atoms with van der Waals surface area (Å²) in [5.41, 5.74) is 5.12. The number of amides is 1. The Bertz CT molecular complexity index is 1380. The second kappa shape index (κ2) is 11.6. The van der Waals surface area contributed by atoms with Crippen LogP contribution in [0, 0.1) is 13.8 Å². The van der Waals surface area contributed by atoms with Crippen molar-refractivity contribution in [2.75, 3.05) is 12.4 Å². The Morgan fingerprint density at radius 1 is 1.06 bits per heavy atom. The molecule has 1 aromatic heterocycles. The molecule has 4 aromatic rings. The first-order chi connectivity index (χ1) is 17.4. The minimum Gasteiger partial charge on any atom is -0.496 e. The van der Waals surface area contributed by atoms with Gasteiger partial charge in [-0.3, -0.25) is 9.48 Å². The molecule has 7 heteroatoms. The summed E-state index contributed by atoms with van der Waals surface area (Å²) in [5, 5.41) is 8.24. The number of nitrogens with zero attached hydrogens (tertiary/aromatic N) is 2. The monoisotopic (exact) mass is 501 g/mol. The first kappa shape index (κ1) is 25.1. The molecule has 0 unspecified atom stereocenters. The quantitative estimate of drug-likeness (QED) is 0.268. The van der Waals surface area contributed by atoms with Gasteiger partial charge < -0.3 is 14.8 Å². The largest absolute Gasteiger partial charge is 0.496 e. The maximum atomic E-state index is 12.7. The van der Waals surface area contributed by atoms with Crippen LogP contribution in [-0.2, 0) is 17.9 Å². The Morgan fingerprint density at radius 3 is 2.61 bits per heavy atom. The Hall–Kier alpha value is -4.03. The van der Waals surface area contributed by atoms with Gasteiger partial charge in [0.1, 0.15) is 18.1 Å². The summed E-state index contributed by atoms with van der Waals surface area (Å²) >= 11 is 6.11. The lowest BCUT2D eigenvalue weighted by Crippen LogP contribution is -2.10. The smallest absolute Gasteiger partial charge is 0.248 e. The van der Waals surface area contributed by atoms with Gasteiger partial charge in [0.05, 0.1) is 30.7 Å². The molecule has 0 fully saturated rings. The number of hydrogen-bond donors (Lipinski definition) is 1. The second-order valence-electron chi connectivity index (χ2n) is 8.33. The van der Waals surface area contributed by atoms with Crippen LogP contribution >= 0.6 is 11.6 Å². The zero-order valence-electron chi connectivity index (χ0n) is 20.5. The van der Waals surface area contributed by atoms with Crippen LogP contribution in [0.15, 0.2) is 78.9 Å². The van der Waals surface area contributed by atoms with Crippen molar-refractivity contribution in [3.8, 4) is 11.5 Å². The van der Waals surface area contributed by atoms with E-state index in [0.29, 0.717) is 23.9 Å². The van der Waals surface area contributed by atoms with Gasteiger partial charge in [0, 0.05) is 16.7 Å². The van der Waals surface area contributed by atoms with Crippen molar-refractivity contribution in [1.82, 2.24) is 9.78 Å². The number of aryl methyl sites for hydroxylation is 1. The average Bonchev–Trinajstić information content (AvgIpc) is 3.14. The number of nitrogens with one attached hydrogen (secondary N) is 1. The van der Waals surface area contributed by atoms with E-state index in [2.05, 4.69) is 10.4 Å². The van der Waals surface area contributed by atoms with E-state index in [1.807, 2.05) is 91.3 Å². The summed E-state index contributed by atoms with van der Waals surface area (Å²) in [6, 6.07) is 23.0. The topological polar surface area (TPSA) is 65.4 Å². The number of benzene rings is 3. The first-order valence-electron chi connectivity index (χ1n) is 11.5. The molecular formula is C29H28ClN3O3. The predicted octanol–water partition coefficient (Wildman–Crippen LogP) is 6.44. The van der Waals surface area contributed by atoms with E-state index >= 15 is 0 Å². The van der Waals surface area contributed by atoms with Crippen molar-refractivity contribution >= 4 is 29.3 Å². The molecule has 0 bridgehead atoms. The summed E-state index contributed by atoms with van der Waals surface area (Å²) in [5.74, 6) is 1.27. The third kappa shape index (κ3) is 6.34. The van der Waals surface area contributed by atoms with Gasteiger partial charge in [0.2, 0.25) is 5.91 Å². The summed E-state index contributed by atoms with van der Waals surface area (Å²) in [4.78, 5) is 12.7. The van der Waals surface area contributed by atoms with Crippen molar-refractivity contribution in [2.24, 2.45) is 0 Å². The maximum absolute atomic E-state index is 12.7. The third-order valence-electron chi connectivity index (χ3n) is 5.72. The molecule has 0 saturated heterocycles. The number of anilines is 1. The molecule has 0 saturated carbocycles. The predicted molar refractivity (Wildman–Crippen MR) is 144 cm³/mol.